The van der Waals surface area contributed by atoms with Gasteiger partial charge < -0.3 is 63.3 Å². The van der Waals surface area contributed by atoms with Gasteiger partial charge >= 0.3 is 0 Å². The fourth-order valence-corrected chi connectivity index (χ4v) is 5.06. The number of hydrogen-bond donors (Lipinski definition) is 9. The molecular weight excluding hydrogens is 744 g/mol. The normalized spacial score (nSPS) is 10.8. The Morgan fingerprint density at radius 3 is 1.49 bits per heavy atom. The number of benzene rings is 3. The molecule has 0 heterocycles. The number of aliphatic imine (C=N–C) groups is 1. The Kier molecular flexibility index (Phi) is 16.6. The van der Waals surface area contributed by atoms with Crippen LogP contribution in [-0.2, 0) is 19.2 Å². The number of anilines is 3. The number of nitrogens with one attached hydrogen (secondary N) is 6. The average Bonchev–Trinajstić information content (AvgIpc) is 3.18. The Balaban J connectivity index is 1.56. The Labute approximate surface area is 327 Å². The Morgan fingerprint density at radius 1 is 0.614 bits per heavy atom. The number of rotatable bonds is 20. The average molecular weight is 791 g/mol. The lowest BCUT2D eigenvalue weighted by Crippen LogP contribution is -2.41. The number of guanidine groups is 1. The van der Waals surface area contributed by atoms with Crippen LogP contribution in [0, 0.1) is 0 Å². The third-order valence-corrected chi connectivity index (χ3v) is 7.88. The lowest BCUT2D eigenvalue weighted by molar-refractivity contribution is -0.126. The third-order valence-electron chi connectivity index (χ3n) is 7.88. The Bertz CT molecular complexity index is 2020. The van der Waals surface area contributed by atoms with Crippen molar-refractivity contribution in [2.24, 2.45) is 22.2 Å². The molecule has 0 aromatic heterocycles. The third kappa shape index (κ3) is 13.8. The first-order valence-electron chi connectivity index (χ1n) is 17.3. The summed E-state index contributed by atoms with van der Waals surface area (Å²) in [5.41, 5.74) is 16.6. The molecule has 0 unspecified atom stereocenters. The lowest BCUT2D eigenvalue weighted by Gasteiger charge is -2.16. The maximum absolute atomic E-state index is 13.1. The van der Waals surface area contributed by atoms with Crippen LogP contribution in [0.15, 0.2) is 59.6 Å². The van der Waals surface area contributed by atoms with E-state index in [2.05, 4.69) is 36.9 Å². The fourth-order valence-electron chi connectivity index (χ4n) is 5.06. The summed E-state index contributed by atoms with van der Waals surface area (Å²) in [4.78, 5) is 92.2. The lowest BCUT2D eigenvalue weighted by atomic mass is 10.1. The van der Waals surface area contributed by atoms with Gasteiger partial charge in [-0.15, -0.1) is 0 Å². The Morgan fingerprint density at radius 2 is 1.05 bits per heavy atom. The molecule has 0 aliphatic carbocycles. The van der Waals surface area contributed by atoms with Gasteiger partial charge in [-0.2, -0.15) is 0 Å². The minimum absolute atomic E-state index is 0.00769. The molecule has 12 N–H and O–H groups in total. The van der Waals surface area contributed by atoms with Crippen LogP contribution >= 0.6 is 0 Å². The van der Waals surface area contributed by atoms with E-state index < -0.39 is 54.6 Å². The van der Waals surface area contributed by atoms with Crippen molar-refractivity contribution in [3.63, 3.8) is 0 Å². The van der Waals surface area contributed by atoms with Crippen LogP contribution in [0.5, 0.6) is 17.2 Å². The molecule has 0 saturated carbocycles. The quantitative estimate of drug-likeness (QED) is 0.0428. The summed E-state index contributed by atoms with van der Waals surface area (Å²) >= 11 is 0. The largest absolute Gasteiger partial charge is 0.496 e. The van der Waals surface area contributed by atoms with Crippen molar-refractivity contribution in [1.82, 2.24) is 16.0 Å². The monoisotopic (exact) mass is 790 g/mol. The van der Waals surface area contributed by atoms with Crippen LogP contribution in [-0.4, -0.2) is 94.3 Å². The zero-order valence-corrected chi connectivity index (χ0v) is 31.8. The van der Waals surface area contributed by atoms with E-state index >= 15 is 0 Å². The molecule has 3 rings (SSSR count). The first kappa shape index (κ1) is 44.0. The topological polar surface area (TPSA) is 310 Å². The van der Waals surface area contributed by atoms with Gasteiger partial charge in [0.05, 0.1) is 51.1 Å². The van der Waals surface area contributed by atoms with Gasteiger partial charge in [-0.3, -0.25) is 38.6 Å². The van der Waals surface area contributed by atoms with Crippen LogP contribution in [0.1, 0.15) is 57.3 Å². The molecular formula is C37H46N10O10. The number of unbranched alkanes of at least 4 members (excludes halogenated alkanes) is 1. The summed E-state index contributed by atoms with van der Waals surface area (Å²) in [7, 11) is 4.05. The molecule has 0 fully saturated rings. The predicted molar refractivity (Wildman–Crippen MR) is 210 cm³/mol. The zero-order valence-electron chi connectivity index (χ0n) is 31.8. The van der Waals surface area contributed by atoms with E-state index in [-0.39, 0.29) is 69.3 Å². The van der Waals surface area contributed by atoms with Crippen LogP contribution < -0.4 is 63.3 Å². The van der Waals surface area contributed by atoms with Crippen molar-refractivity contribution in [3.05, 3.63) is 71.3 Å². The van der Waals surface area contributed by atoms with Gasteiger partial charge in [0, 0.05) is 30.0 Å². The van der Waals surface area contributed by atoms with E-state index in [4.69, 9.17) is 31.4 Å². The van der Waals surface area contributed by atoms with E-state index in [9.17, 15) is 33.6 Å². The SMILES string of the molecule is COc1ccc(NC(=O)CNC(=O)c2cc(NC(=O)CNC(=O)c3cc(NC(=O)[C@H](C)NC(=O)CCCCN=C(N)N)ccc3OC)ccc2OC)cc1C(N)=O. The number of ether oxygens (including phenoxy) is 3. The number of nitrogens with zero attached hydrogens (tertiary/aromatic N) is 1. The molecule has 1 atom stereocenters. The minimum atomic E-state index is -0.896. The van der Waals surface area contributed by atoms with Crippen LogP contribution in [0.25, 0.3) is 0 Å². The van der Waals surface area contributed by atoms with Crippen molar-refractivity contribution in [2.75, 3.05) is 56.9 Å². The molecule has 20 nitrogen and oxygen atoms in total. The molecule has 57 heavy (non-hydrogen) atoms. The predicted octanol–water partition coefficient (Wildman–Crippen LogP) is 0.435. The number of carbonyl (C=O) groups excluding carboxylic acids is 7. The standard InChI is InChI=1S/C37H46N10O10/c1-20(44-30(48)7-5-6-14-41-37(39)40)34(52)47-23-10-13-29(57-4)26(17-23)36(54)43-19-32(50)46-22-9-12-28(56-3)25(16-22)35(53)42-18-31(49)45-21-8-11-27(55-2)24(15-21)33(38)51/h8-13,15-17,20H,5-7,14,18-19H2,1-4H3,(H2,38,51)(H,42,53)(H,43,54)(H,44,48)(H,45,49)(H,46,50)(H,47,52)(H4,39,40,41)/t20-/m0/s1. The van der Waals surface area contributed by atoms with Gasteiger partial charge in [0.2, 0.25) is 23.6 Å². The van der Waals surface area contributed by atoms with Gasteiger partial charge in [-0.05, 0) is 74.4 Å². The molecule has 3 aromatic carbocycles. The van der Waals surface area contributed by atoms with Crippen LogP contribution in [0.2, 0.25) is 0 Å². The van der Waals surface area contributed by atoms with Gasteiger partial charge in [-0.25, -0.2) is 0 Å². The van der Waals surface area contributed by atoms with E-state index in [0.29, 0.717) is 19.4 Å². The highest BCUT2D eigenvalue weighted by Gasteiger charge is 2.20. The van der Waals surface area contributed by atoms with Gasteiger partial charge in [0.1, 0.15) is 23.3 Å². The van der Waals surface area contributed by atoms with Gasteiger partial charge in [0.15, 0.2) is 5.96 Å². The fraction of sp³-hybridized carbons (Fsp3) is 0.297. The van der Waals surface area contributed by atoms with Crippen molar-refractivity contribution in [3.8, 4) is 17.2 Å². The van der Waals surface area contributed by atoms with Crippen LogP contribution in [0.4, 0.5) is 17.1 Å². The van der Waals surface area contributed by atoms with Crippen molar-refractivity contribution >= 4 is 64.4 Å². The summed E-state index contributed by atoms with van der Waals surface area (Å²) in [5.74, 6) is -3.80. The van der Waals surface area contributed by atoms with E-state index in [1.165, 1.54) is 82.9 Å². The zero-order chi connectivity index (χ0) is 42.1. The molecule has 304 valence electrons. The first-order valence-corrected chi connectivity index (χ1v) is 17.3. The number of hydrogen-bond acceptors (Lipinski definition) is 11. The van der Waals surface area contributed by atoms with Gasteiger partial charge in [-0.1, -0.05) is 0 Å². The highest BCUT2D eigenvalue weighted by molar-refractivity contribution is 6.05. The molecule has 0 bridgehead atoms. The maximum atomic E-state index is 13.1. The van der Waals surface area contributed by atoms with E-state index in [1.807, 2.05) is 0 Å². The molecule has 0 aliphatic rings. The maximum Gasteiger partial charge on any atom is 0.255 e. The summed E-state index contributed by atoms with van der Waals surface area (Å²) in [5, 5.41) is 15.3. The minimum Gasteiger partial charge on any atom is -0.496 e. The molecule has 0 spiro atoms. The van der Waals surface area contributed by atoms with E-state index in [0.717, 1.165) is 0 Å². The highest BCUT2D eigenvalue weighted by Crippen LogP contribution is 2.25. The van der Waals surface area contributed by atoms with Crippen LogP contribution in [0.3, 0.4) is 0 Å². The number of carbonyl (C=O) groups is 7. The summed E-state index contributed by atoms with van der Waals surface area (Å²) in [6.07, 6.45) is 1.28. The van der Waals surface area contributed by atoms with E-state index in [1.54, 1.807) is 0 Å². The number of nitrogens with two attached hydrogens (primary N) is 3. The summed E-state index contributed by atoms with van der Waals surface area (Å²) < 4.78 is 15.7. The second kappa shape index (κ2) is 21.5. The molecule has 0 saturated heterocycles. The number of primary amides is 1. The first-order chi connectivity index (χ1) is 27.1. The number of methoxy groups -OCH3 is 3. The van der Waals surface area contributed by atoms with Crippen molar-refractivity contribution in [2.45, 2.75) is 32.2 Å². The second-order valence-electron chi connectivity index (χ2n) is 12.1. The summed E-state index contributed by atoms with van der Waals surface area (Å²) in [6, 6.07) is 11.9. The van der Waals surface area contributed by atoms with Crippen molar-refractivity contribution < 1.29 is 47.8 Å². The van der Waals surface area contributed by atoms with Gasteiger partial charge in [0.25, 0.3) is 17.7 Å². The van der Waals surface area contributed by atoms with Crippen molar-refractivity contribution in [1.29, 1.82) is 0 Å². The molecule has 20 heteroatoms. The molecule has 7 amide bonds. The highest BCUT2D eigenvalue weighted by atomic mass is 16.5. The molecule has 3 aromatic rings. The molecule has 0 radical (unpaired) electrons. The smallest absolute Gasteiger partial charge is 0.255 e. The Hall–Kier alpha value is -7.38. The second-order valence-corrected chi connectivity index (χ2v) is 12.1. The molecule has 0 aliphatic heterocycles. The number of amides is 7. The summed E-state index contributed by atoms with van der Waals surface area (Å²) in [6.45, 7) is 0.935.